The third-order valence-electron chi connectivity index (χ3n) is 4.89. The van der Waals surface area contributed by atoms with E-state index in [1.165, 1.54) is 4.90 Å². The van der Waals surface area contributed by atoms with Crippen LogP contribution in [0.4, 0.5) is 4.79 Å². The van der Waals surface area contributed by atoms with E-state index in [0.717, 1.165) is 35.7 Å². The zero-order valence-electron chi connectivity index (χ0n) is 13.3. The molecule has 1 aromatic rings. The second-order valence-electron chi connectivity index (χ2n) is 6.42. The lowest BCUT2D eigenvalue weighted by molar-refractivity contribution is -0.125. The molecule has 0 unspecified atom stereocenters. The first-order chi connectivity index (χ1) is 11.6. The molecule has 0 radical (unpaired) electrons. The third-order valence-corrected chi connectivity index (χ3v) is 5.63. The van der Waals surface area contributed by atoms with Crippen molar-refractivity contribution in [2.45, 2.75) is 38.3 Å². The van der Waals surface area contributed by atoms with E-state index < -0.39 is 0 Å². The Kier molecular flexibility index (Phi) is 4.12. The van der Waals surface area contributed by atoms with Gasteiger partial charge >= 0.3 is 6.03 Å². The summed E-state index contributed by atoms with van der Waals surface area (Å²) in [5.74, 6) is 1.21. The molecule has 24 heavy (non-hydrogen) atoms. The van der Waals surface area contributed by atoms with Gasteiger partial charge in [0.25, 0.3) is 5.91 Å². The van der Waals surface area contributed by atoms with Crippen LogP contribution >= 0.6 is 15.9 Å². The second kappa shape index (κ2) is 6.27. The summed E-state index contributed by atoms with van der Waals surface area (Å²) in [5.41, 5.74) is 0.842. The number of imide groups is 1. The fraction of sp³-hybridized carbons (Fsp3) is 0.529. The van der Waals surface area contributed by atoms with E-state index in [4.69, 9.17) is 9.47 Å². The lowest BCUT2D eigenvalue weighted by atomic mass is 10.2. The van der Waals surface area contributed by atoms with E-state index in [9.17, 15) is 9.59 Å². The topological polar surface area (TPSA) is 59.1 Å². The van der Waals surface area contributed by atoms with Gasteiger partial charge in [-0.3, -0.25) is 9.69 Å². The lowest BCUT2D eigenvalue weighted by Crippen LogP contribution is -2.37. The van der Waals surface area contributed by atoms with Crippen LogP contribution in [0.2, 0.25) is 0 Å². The van der Waals surface area contributed by atoms with Crippen LogP contribution in [0, 0.1) is 0 Å². The fourth-order valence-electron chi connectivity index (χ4n) is 3.62. The summed E-state index contributed by atoms with van der Waals surface area (Å²) in [6.45, 7) is 1.48. The van der Waals surface area contributed by atoms with Gasteiger partial charge in [0.2, 0.25) is 0 Å². The maximum absolute atomic E-state index is 12.7. The van der Waals surface area contributed by atoms with Gasteiger partial charge in [-0.25, -0.2) is 4.79 Å². The summed E-state index contributed by atoms with van der Waals surface area (Å²) in [6, 6.07) is 3.73. The van der Waals surface area contributed by atoms with Crippen LogP contribution in [0.3, 0.4) is 0 Å². The zero-order valence-corrected chi connectivity index (χ0v) is 14.9. The number of halogens is 1. The Bertz CT molecular complexity index is 687. The normalized spacial score (nSPS) is 21.0. The van der Waals surface area contributed by atoms with Crippen molar-refractivity contribution >= 4 is 27.9 Å². The van der Waals surface area contributed by atoms with Gasteiger partial charge < -0.3 is 14.4 Å². The Morgan fingerprint density at radius 2 is 1.75 bits per heavy atom. The molecule has 1 saturated heterocycles. The van der Waals surface area contributed by atoms with E-state index in [-0.39, 0.29) is 31.1 Å². The molecule has 0 N–H and O–H groups in total. The molecule has 7 heteroatoms. The summed E-state index contributed by atoms with van der Waals surface area (Å²) in [5, 5.41) is 0. The van der Waals surface area contributed by atoms with E-state index in [2.05, 4.69) is 15.9 Å². The van der Waals surface area contributed by atoms with Crippen molar-refractivity contribution in [2.24, 2.45) is 0 Å². The van der Waals surface area contributed by atoms with Crippen LogP contribution in [0.25, 0.3) is 0 Å². The number of hydrogen-bond donors (Lipinski definition) is 0. The summed E-state index contributed by atoms with van der Waals surface area (Å²) in [7, 11) is 0. The minimum Gasteiger partial charge on any atom is -0.486 e. The molecular weight excluding hydrogens is 376 g/mol. The second-order valence-corrected chi connectivity index (χ2v) is 7.27. The van der Waals surface area contributed by atoms with Crippen molar-refractivity contribution < 1.29 is 19.1 Å². The molecule has 128 valence electrons. The number of rotatable bonds is 3. The fourth-order valence-corrected chi connectivity index (χ4v) is 4.06. The Morgan fingerprint density at radius 1 is 1.08 bits per heavy atom. The van der Waals surface area contributed by atoms with Crippen LogP contribution in [-0.2, 0) is 11.3 Å². The SMILES string of the molecule is O=C1CN(C2CCCC2)C(=O)N1Cc1cc2c(cc1Br)OCCO2. The molecule has 6 nitrogen and oxygen atoms in total. The number of urea groups is 1. The molecule has 1 saturated carbocycles. The number of benzene rings is 1. The molecule has 3 aliphatic rings. The molecule has 1 aliphatic carbocycles. The van der Waals surface area contributed by atoms with E-state index in [0.29, 0.717) is 24.7 Å². The molecule has 0 atom stereocenters. The summed E-state index contributed by atoms with van der Waals surface area (Å²) < 4.78 is 12.0. The van der Waals surface area contributed by atoms with Gasteiger partial charge in [0.1, 0.15) is 19.8 Å². The van der Waals surface area contributed by atoms with E-state index >= 15 is 0 Å². The summed E-state index contributed by atoms with van der Waals surface area (Å²) in [4.78, 5) is 28.1. The molecule has 4 rings (SSSR count). The average Bonchev–Trinajstić information content (AvgIpc) is 3.19. The van der Waals surface area contributed by atoms with Crippen LogP contribution in [0.15, 0.2) is 16.6 Å². The third kappa shape index (κ3) is 2.75. The van der Waals surface area contributed by atoms with E-state index in [1.807, 2.05) is 12.1 Å². The van der Waals surface area contributed by atoms with Gasteiger partial charge in [0.15, 0.2) is 11.5 Å². The van der Waals surface area contributed by atoms with Crippen molar-refractivity contribution in [3.8, 4) is 11.5 Å². The first-order valence-corrected chi connectivity index (χ1v) is 9.12. The number of hydrogen-bond acceptors (Lipinski definition) is 4. The van der Waals surface area contributed by atoms with Gasteiger partial charge in [-0.1, -0.05) is 28.8 Å². The molecule has 2 fully saturated rings. The smallest absolute Gasteiger partial charge is 0.327 e. The molecule has 0 spiro atoms. The minimum absolute atomic E-state index is 0.131. The van der Waals surface area contributed by atoms with Crippen LogP contribution in [0.5, 0.6) is 11.5 Å². The number of amides is 3. The van der Waals surface area contributed by atoms with Gasteiger partial charge in [-0.2, -0.15) is 0 Å². The first kappa shape index (κ1) is 15.7. The maximum Gasteiger partial charge on any atom is 0.327 e. The molecule has 0 aromatic heterocycles. The maximum atomic E-state index is 12.7. The van der Waals surface area contributed by atoms with Crippen LogP contribution in [-0.4, -0.2) is 47.5 Å². The monoisotopic (exact) mass is 394 g/mol. The predicted octanol–water partition coefficient (Wildman–Crippen LogP) is 2.93. The Labute approximate surface area is 148 Å². The standard InChI is InChI=1S/C17H19BrN2O4/c18-13-8-15-14(23-5-6-24-15)7-11(13)9-20-16(21)10-19(17(20)22)12-3-1-2-4-12/h7-8,12H,1-6,9-10H2. The molecular formula is C17H19BrN2O4. The van der Waals surface area contributed by atoms with Gasteiger partial charge in [0, 0.05) is 10.5 Å². The number of carbonyl (C=O) groups excluding carboxylic acids is 2. The van der Waals surface area contributed by atoms with Crippen molar-refractivity contribution in [1.29, 1.82) is 0 Å². The van der Waals surface area contributed by atoms with Crippen LogP contribution in [0.1, 0.15) is 31.2 Å². The van der Waals surface area contributed by atoms with Gasteiger partial charge in [-0.15, -0.1) is 0 Å². The number of nitrogens with zero attached hydrogens (tertiary/aromatic N) is 2. The van der Waals surface area contributed by atoms with Gasteiger partial charge in [0.05, 0.1) is 6.54 Å². The number of fused-ring (bicyclic) bond motifs is 1. The van der Waals surface area contributed by atoms with E-state index in [1.54, 1.807) is 4.90 Å². The first-order valence-electron chi connectivity index (χ1n) is 8.32. The molecule has 0 bridgehead atoms. The lowest BCUT2D eigenvalue weighted by Gasteiger charge is -2.24. The Hall–Kier alpha value is -1.76. The number of ether oxygens (including phenoxy) is 2. The van der Waals surface area contributed by atoms with Crippen molar-refractivity contribution in [3.63, 3.8) is 0 Å². The van der Waals surface area contributed by atoms with Crippen molar-refractivity contribution in [1.82, 2.24) is 9.80 Å². The zero-order chi connectivity index (χ0) is 16.7. The summed E-state index contributed by atoms with van der Waals surface area (Å²) in [6.07, 6.45) is 4.27. The highest BCUT2D eigenvalue weighted by Gasteiger charge is 2.40. The largest absolute Gasteiger partial charge is 0.486 e. The molecule has 1 aromatic carbocycles. The predicted molar refractivity (Wildman–Crippen MR) is 90.0 cm³/mol. The number of carbonyl (C=O) groups is 2. The highest BCUT2D eigenvalue weighted by molar-refractivity contribution is 9.10. The quantitative estimate of drug-likeness (QED) is 0.739. The molecule has 2 aliphatic heterocycles. The highest BCUT2D eigenvalue weighted by atomic mass is 79.9. The highest BCUT2D eigenvalue weighted by Crippen LogP contribution is 2.36. The van der Waals surface area contributed by atoms with Gasteiger partial charge in [-0.05, 0) is 30.5 Å². The Balaban J connectivity index is 1.54. The minimum atomic E-state index is -0.173. The van der Waals surface area contributed by atoms with Crippen LogP contribution < -0.4 is 9.47 Å². The van der Waals surface area contributed by atoms with Crippen molar-refractivity contribution in [3.05, 3.63) is 22.2 Å². The summed E-state index contributed by atoms with van der Waals surface area (Å²) >= 11 is 3.51. The Morgan fingerprint density at radius 3 is 2.46 bits per heavy atom. The molecule has 3 amide bonds. The molecule has 2 heterocycles. The average molecular weight is 395 g/mol. The van der Waals surface area contributed by atoms with Crippen molar-refractivity contribution in [2.75, 3.05) is 19.8 Å².